The first kappa shape index (κ1) is 19.6. The van der Waals surface area contributed by atoms with Crippen molar-refractivity contribution in [2.24, 2.45) is 0 Å². The molecule has 2 N–H and O–H groups in total. The van der Waals surface area contributed by atoms with Crippen molar-refractivity contribution in [3.63, 3.8) is 0 Å². The summed E-state index contributed by atoms with van der Waals surface area (Å²) in [5, 5.41) is 22.7. The van der Waals surface area contributed by atoms with Gasteiger partial charge in [-0.05, 0) is 30.3 Å². The van der Waals surface area contributed by atoms with Crippen LogP contribution in [0, 0.1) is 0 Å². The Morgan fingerprint density at radius 1 is 1.00 bits per heavy atom. The van der Waals surface area contributed by atoms with Crippen LogP contribution in [0.2, 0.25) is 0 Å². The number of alkyl halides is 3. The minimum Gasteiger partial charge on any atom is -0.478 e. The topological polar surface area (TPSA) is 92.4 Å². The van der Waals surface area contributed by atoms with Crippen molar-refractivity contribution in [3.05, 3.63) is 69.8 Å². The fourth-order valence-corrected chi connectivity index (χ4v) is 3.07. The summed E-state index contributed by atoms with van der Waals surface area (Å²) in [5.74, 6) is -3.18. The van der Waals surface area contributed by atoms with E-state index in [0.29, 0.717) is 4.47 Å². The number of carboxylic acid groups (broad SMARTS) is 2. The van der Waals surface area contributed by atoms with E-state index in [1.54, 1.807) is 12.1 Å². The number of carbonyl (C=O) groups is 2. The Bertz CT molecular complexity index is 1090. The van der Waals surface area contributed by atoms with Crippen LogP contribution >= 0.6 is 15.9 Å². The molecule has 10 heteroatoms. The minimum absolute atomic E-state index is 0.125. The Morgan fingerprint density at radius 2 is 1.68 bits per heavy atom. The highest BCUT2D eigenvalue weighted by molar-refractivity contribution is 9.10. The number of carboxylic acids is 2. The van der Waals surface area contributed by atoms with Crippen molar-refractivity contribution in [1.29, 1.82) is 0 Å². The van der Waals surface area contributed by atoms with Gasteiger partial charge in [0.2, 0.25) is 0 Å². The summed E-state index contributed by atoms with van der Waals surface area (Å²) in [6.45, 7) is 0. The van der Waals surface area contributed by atoms with E-state index in [-0.39, 0.29) is 16.9 Å². The maximum absolute atomic E-state index is 13.1. The molecule has 0 unspecified atom stereocenters. The highest BCUT2D eigenvalue weighted by Crippen LogP contribution is 2.34. The molecule has 6 nitrogen and oxygen atoms in total. The third kappa shape index (κ3) is 3.63. The molecule has 0 fully saturated rings. The fourth-order valence-electron chi connectivity index (χ4n) is 2.67. The molecular weight excluding hydrogens is 445 g/mol. The maximum atomic E-state index is 13.1. The molecular formula is C18H10BrF3N2O4. The highest BCUT2D eigenvalue weighted by atomic mass is 79.9. The summed E-state index contributed by atoms with van der Waals surface area (Å²) in [5.41, 5.74) is -2.38. The molecule has 3 rings (SSSR count). The summed E-state index contributed by atoms with van der Waals surface area (Å²) in [6, 6.07) is 10.3. The van der Waals surface area contributed by atoms with Crippen molar-refractivity contribution >= 4 is 27.9 Å². The van der Waals surface area contributed by atoms with Gasteiger partial charge < -0.3 is 10.2 Å². The Balaban J connectivity index is 2.37. The summed E-state index contributed by atoms with van der Waals surface area (Å²) in [4.78, 5) is 23.3. The fraction of sp³-hybridized carbons (Fsp3) is 0.0556. The number of hydrogen-bond donors (Lipinski definition) is 2. The molecule has 0 bridgehead atoms. The van der Waals surface area contributed by atoms with Crippen LogP contribution < -0.4 is 0 Å². The lowest BCUT2D eigenvalue weighted by molar-refractivity contribution is -0.137. The van der Waals surface area contributed by atoms with Gasteiger partial charge in [-0.25, -0.2) is 14.3 Å². The third-order valence-electron chi connectivity index (χ3n) is 3.82. The smallest absolute Gasteiger partial charge is 0.416 e. The average Bonchev–Trinajstić information content (AvgIpc) is 3.02. The molecule has 0 radical (unpaired) electrons. The SMILES string of the molecule is O=C(O)c1nn(-c2cccc(C(F)(F)F)c2)c(-c2cccc(Br)c2)c1C(=O)O. The predicted molar refractivity (Wildman–Crippen MR) is 95.6 cm³/mol. The van der Waals surface area contributed by atoms with Crippen LogP contribution in [0.1, 0.15) is 26.4 Å². The molecule has 28 heavy (non-hydrogen) atoms. The largest absolute Gasteiger partial charge is 0.478 e. The van der Waals surface area contributed by atoms with E-state index in [1.165, 1.54) is 18.2 Å². The van der Waals surface area contributed by atoms with Crippen LogP contribution in [0.4, 0.5) is 13.2 Å². The molecule has 0 atom stereocenters. The van der Waals surface area contributed by atoms with E-state index in [4.69, 9.17) is 0 Å². The van der Waals surface area contributed by atoms with Gasteiger partial charge in [-0.2, -0.15) is 18.3 Å². The zero-order valence-electron chi connectivity index (χ0n) is 13.7. The Morgan fingerprint density at radius 3 is 2.25 bits per heavy atom. The second-order valence-corrected chi connectivity index (χ2v) is 6.57. The maximum Gasteiger partial charge on any atom is 0.416 e. The number of aromatic nitrogens is 2. The molecule has 0 aliphatic carbocycles. The van der Waals surface area contributed by atoms with Crippen molar-refractivity contribution in [2.75, 3.05) is 0 Å². The van der Waals surface area contributed by atoms with Crippen LogP contribution in [0.15, 0.2) is 53.0 Å². The highest BCUT2D eigenvalue weighted by Gasteiger charge is 2.32. The summed E-state index contributed by atoms with van der Waals surface area (Å²) in [6.07, 6.45) is -4.63. The summed E-state index contributed by atoms with van der Waals surface area (Å²) < 4.78 is 40.7. The van der Waals surface area contributed by atoms with Gasteiger partial charge in [-0.3, -0.25) is 0 Å². The van der Waals surface area contributed by atoms with Crippen molar-refractivity contribution < 1.29 is 33.0 Å². The van der Waals surface area contributed by atoms with Gasteiger partial charge in [0.15, 0.2) is 5.69 Å². The Kier molecular flexibility index (Phi) is 4.99. The molecule has 2 aromatic carbocycles. The molecule has 0 aliphatic rings. The van der Waals surface area contributed by atoms with Crippen LogP contribution in [0.25, 0.3) is 16.9 Å². The summed E-state index contributed by atoms with van der Waals surface area (Å²) >= 11 is 3.23. The molecule has 1 aromatic heterocycles. The molecule has 1 heterocycles. The molecule has 0 saturated carbocycles. The van der Waals surface area contributed by atoms with Crippen LogP contribution in [-0.4, -0.2) is 31.9 Å². The quantitative estimate of drug-likeness (QED) is 0.594. The van der Waals surface area contributed by atoms with E-state index < -0.39 is 34.9 Å². The monoisotopic (exact) mass is 454 g/mol. The lowest BCUT2D eigenvalue weighted by Crippen LogP contribution is -2.07. The second-order valence-electron chi connectivity index (χ2n) is 5.65. The second kappa shape index (κ2) is 7.12. The zero-order chi connectivity index (χ0) is 20.6. The van der Waals surface area contributed by atoms with Gasteiger partial charge in [0.25, 0.3) is 0 Å². The van der Waals surface area contributed by atoms with Crippen molar-refractivity contribution in [1.82, 2.24) is 9.78 Å². The molecule has 0 spiro atoms. The molecule has 0 aliphatic heterocycles. The zero-order valence-corrected chi connectivity index (χ0v) is 15.3. The Hall–Kier alpha value is -3.14. The van der Waals surface area contributed by atoms with E-state index in [2.05, 4.69) is 21.0 Å². The number of aromatic carboxylic acids is 2. The molecule has 144 valence electrons. The van der Waals surface area contributed by atoms with Gasteiger partial charge in [0.1, 0.15) is 5.56 Å². The normalized spacial score (nSPS) is 11.4. The average molecular weight is 455 g/mol. The minimum atomic E-state index is -4.63. The van der Waals surface area contributed by atoms with E-state index in [0.717, 1.165) is 22.9 Å². The van der Waals surface area contributed by atoms with Crippen LogP contribution in [0.3, 0.4) is 0 Å². The first-order valence-electron chi connectivity index (χ1n) is 7.62. The number of halogens is 4. The first-order valence-corrected chi connectivity index (χ1v) is 8.42. The number of nitrogens with zero attached hydrogens (tertiary/aromatic N) is 2. The number of rotatable bonds is 4. The lowest BCUT2D eigenvalue weighted by atomic mass is 10.1. The van der Waals surface area contributed by atoms with Gasteiger partial charge in [-0.1, -0.05) is 34.1 Å². The Labute approximate surface area is 164 Å². The van der Waals surface area contributed by atoms with Crippen molar-refractivity contribution in [3.8, 4) is 16.9 Å². The van der Waals surface area contributed by atoms with Gasteiger partial charge >= 0.3 is 18.1 Å². The van der Waals surface area contributed by atoms with E-state index in [1.807, 2.05) is 0 Å². The predicted octanol–water partition coefficient (Wildman–Crippen LogP) is 4.72. The standard InChI is InChI=1S/C18H10BrF3N2O4/c19-11-5-1-3-9(7-11)15-13(16(25)26)14(17(27)28)23-24(15)12-6-2-4-10(8-12)18(20,21)22/h1-8H,(H,25,26)(H,27,28). The molecule has 0 amide bonds. The van der Waals surface area contributed by atoms with Crippen LogP contribution in [-0.2, 0) is 6.18 Å². The third-order valence-corrected chi connectivity index (χ3v) is 4.31. The van der Waals surface area contributed by atoms with Gasteiger partial charge in [0.05, 0.1) is 16.9 Å². The van der Waals surface area contributed by atoms with Gasteiger partial charge in [0, 0.05) is 10.0 Å². The van der Waals surface area contributed by atoms with Crippen molar-refractivity contribution in [2.45, 2.75) is 6.18 Å². The number of benzene rings is 2. The molecule has 3 aromatic rings. The molecule has 0 saturated heterocycles. The summed E-state index contributed by atoms with van der Waals surface area (Å²) in [7, 11) is 0. The number of hydrogen-bond acceptors (Lipinski definition) is 3. The van der Waals surface area contributed by atoms with Crippen LogP contribution in [0.5, 0.6) is 0 Å². The van der Waals surface area contributed by atoms with Gasteiger partial charge in [-0.15, -0.1) is 0 Å². The van der Waals surface area contributed by atoms with E-state index in [9.17, 15) is 33.0 Å². The first-order chi connectivity index (χ1) is 13.1. The lowest BCUT2D eigenvalue weighted by Gasteiger charge is -2.12. The van der Waals surface area contributed by atoms with E-state index >= 15 is 0 Å².